The van der Waals surface area contributed by atoms with Gasteiger partial charge >= 0.3 is 0 Å². The van der Waals surface area contributed by atoms with Crippen LogP contribution in [-0.4, -0.2) is 18.1 Å². The third-order valence-corrected chi connectivity index (χ3v) is 2.16. The van der Waals surface area contributed by atoms with Crippen LogP contribution in [0.15, 0.2) is 18.3 Å². The molecule has 1 aromatic rings. The van der Waals surface area contributed by atoms with Gasteiger partial charge in [-0.2, -0.15) is 0 Å². The number of aromatic nitrogens is 1. The predicted molar refractivity (Wildman–Crippen MR) is 59.0 cm³/mol. The Morgan fingerprint density at radius 3 is 2.86 bits per heavy atom. The quantitative estimate of drug-likeness (QED) is 0.665. The zero-order valence-corrected chi connectivity index (χ0v) is 8.79. The zero-order valence-electron chi connectivity index (χ0n) is 8.79. The molecule has 0 saturated heterocycles. The van der Waals surface area contributed by atoms with Crippen LogP contribution in [0.2, 0.25) is 0 Å². The molecule has 78 valence electrons. The molecule has 1 aromatic heterocycles. The fourth-order valence-electron chi connectivity index (χ4n) is 1.21. The Morgan fingerprint density at radius 2 is 2.29 bits per heavy atom. The van der Waals surface area contributed by atoms with Gasteiger partial charge in [0.15, 0.2) is 0 Å². The molecule has 0 atom stereocenters. The van der Waals surface area contributed by atoms with E-state index in [1.165, 1.54) is 5.56 Å². The van der Waals surface area contributed by atoms with Gasteiger partial charge in [0.1, 0.15) is 0 Å². The minimum Gasteiger partial charge on any atom is -0.330 e. The number of nitrogens with one attached hydrogen (secondary N) is 1. The molecule has 0 aliphatic carbocycles. The van der Waals surface area contributed by atoms with Crippen molar-refractivity contribution in [2.75, 3.05) is 13.1 Å². The molecule has 0 saturated carbocycles. The highest BCUT2D eigenvalue weighted by Gasteiger charge is 1.94. The van der Waals surface area contributed by atoms with E-state index in [1.807, 2.05) is 6.20 Å². The van der Waals surface area contributed by atoms with Gasteiger partial charge in [0.2, 0.25) is 0 Å². The fraction of sp³-hybridized carbons (Fsp3) is 0.545. The lowest BCUT2D eigenvalue weighted by molar-refractivity contribution is 0.646. The largest absolute Gasteiger partial charge is 0.330 e. The highest BCUT2D eigenvalue weighted by atomic mass is 14.9. The van der Waals surface area contributed by atoms with Crippen LogP contribution in [0.4, 0.5) is 0 Å². The number of aryl methyl sites for hydroxylation is 1. The molecular weight excluding hydrogens is 174 g/mol. The van der Waals surface area contributed by atoms with Gasteiger partial charge in [-0.15, -0.1) is 0 Å². The Kier molecular flexibility index (Phi) is 5.19. The molecule has 1 heterocycles. The standard InChI is InChI=1S/C11H19N3/c1-2-10-4-5-11(14-8-10)9-13-7-3-6-12/h4-5,8,13H,2-3,6-7,9,12H2,1H3. The third kappa shape index (κ3) is 3.85. The van der Waals surface area contributed by atoms with E-state index in [2.05, 4.69) is 29.4 Å². The summed E-state index contributed by atoms with van der Waals surface area (Å²) in [7, 11) is 0. The number of nitrogens with zero attached hydrogens (tertiary/aromatic N) is 1. The summed E-state index contributed by atoms with van der Waals surface area (Å²) in [4.78, 5) is 4.35. The van der Waals surface area contributed by atoms with Crippen LogP contribution in [0.25, 0.3) is 0 Å². The van der Waals surface area contributed by atoms with Crippen molar-refractivity contribution >= 4 is 0 Å². The van der Waals surface area contributed by atoms with Crippen molar-refractivity contribution < 1.29 is 0 Å². The Labute approximate surface area is 85.7 Å². The van der Waals surface area contributed by atoms with Crippen LogP contribution in [0.5, 0.6) is 0 Å². The number of hydrogen-bond donors (Lipinski definition) is 2. The van der Waals surface area contributed by atoms with Crippen molar-refractivity contribution in [3.63, 3.8) is 0 Å². The van der Waals surface area contributed by atoms with Crippen LogP contribution in [0, 0.1) is 0 Å². The molecule has 0 spiro atoms. The normalized spacial score (nSPS) is 10.4. The molecule has 1 rings (SSSR count). The first-order valence-corrected chi connectivity index (χ1v) is 5.21. The first kappa shape index (κ1) is 11.1. The van der Waals surface area contributed by atoms with E-state index in [0.717, 1.165) is 38.2 Å². The van der Waals surface area contributed by atoms with Gasteiger partial charge < -0.3 is 11.1 Å². The Bertz CT molecular complexity index is 243. The SMILES string of the molecule is CCc1ccc(CNCCCN)nc1. The lowest BCUT2D eigenvalue weighted by Gasteiger charge is -2.03. The maximum absolute atomic E-state index is 5.39. The molecule has 3 N–H and O–H groups in total. The van der Waals surface area contributed by atoms with Crippen LogP contribution in [-0.2, 0) is 13.0 Å². The molecule has 14 heavy (non-hydrogen) atoms. The molecule has 0 bridgehead atoms. The summed E-state index contributed by atoms with van der Waals surface area (Å²) in [5.74, 6) is 0. The molecule has 0 aliphatic heterocycles. The average Bonchev–Trinajstić information content (AvgIpc) is 2.25. The van der Waals surface area contributed by atoms with E-state index >= 15 is 0 Å². The van der Waals surface area contributed by atoms with Crippen molar-refractivity contribution in [2.45, 2.75) is 26.3 Å². The summed E-state index contributed by atoms with van der Waals surface area (Å²) >= 11 is 0. The number of rotatable bonds is 6. The van der Waals surface area contributed by atoms with Gasteiger partial charge in [-0.25, -0.2) is 0 Å². The third-order valence-electron chi connectivity index (χ3n) is 2.16. The maximum atomic E-state index is 5.39. The topological polar surface area (TPSA) is 50.9 Å². The highest BCUT2D eigenvalue weighted by molar-refractivity contribution is 5.13. The number of nitrogens with two attached hydrogens (primary N) is 1. The summed E-state index contributed by atoms with van der Waals surface area (Å²) in [5, 5.41) is 3.30. The lowest BCUT2D eigenvalue weighted by Crippen LogP contribution is -2.18. The fourth-order valence-corrected chi connectivity index (χ4v) is 1.21. The zero-order chi connectivity index (χ0) is 10.2. The first-order valence-electron chi connectivity index (χ1n) is 5.21. The van der Waals surface area contributed by atoms with Crippen LogP contribution < -0.4 is 11.1 Å². The Balaban J connectivity index is 2.29. The molecule has 0 amide bonds. The molecular formula is C11H19N3. The highest BCUT2D eigenvalue weighted by Crippen LogP contribution is 2.00. The van der Waals surface area contributed by atoms with Gasteiger partial charge in [-0.1, -0.05) is 13.0 Å². The van der Waals surface area contributed by atoms with E-state index in [-0.39, 0.29) is 0 Å². The number of hydrogen-bond acceptors (Lipinski definition) is 3. The van der Waals surface area contributed by atoms with Gasteiger partial charge in [0, 0.05) is 12.7 Å². The molecule has 0 fully saturated rings. The summed E-state index contributed by atoms with van der Waals surface area (Å²) < 4.78 is 0. The molecule has 0 aliphatic rings. The van der Waals surface area contributed by atoms with Crippen molar-refractivity contribution in [3.8, 4) is 0 Å². The predicted octanol–water partition coefficient (Wildman–Crippen LogP) is 1.08. The van der Waals surface area contributed by atoms with Gasteiger partial charge in [0.25, 0.3) is 0 Å². The second-order valence-electron chi connectivity index (χ2n) is 3.33. The molecule has 0 aromatic carbocycles. The summed E-state index contributed by atoms with van der Waals surface area (Å²) in [6.45, 7) is 4.68. The monoisotopic (exact) mass is 193 g/mol. The Morgan fingerprint density at radius 1 is 1.43 bits per heavy atom. The second-order valence-corrected chi connectivity index (χ2v) is 3.33. The lowest BCUT2D eigenvalue weighted by atomic mass is 10.2. The van der Waals surface area contributed by atoms with Crippen molar-refractivity contribution in [1.82, 2.24) is 10.3 Å². The minimum absolute atomic E-state index is 0.745. The summed E-state index contributed by atoms with van der Waals surface area (Å²) in [6.07, 6.45) is 4.01. The van der Waals surface area contributed by atoms with E-state index < -0.39 is 0 Å². The van der Waals surface area contributed by atoms with Crippen molar-refractivity contribution in [2.24, 2.45) is 5.73 Å². The molecule has 0 unspecified atom stereocenters. The smallest absolute Gasteiger partial charge is 0.0541 e. The Hall–Kier alpha value is -0.930. The van der Waals surface area contributed by atoms with Crippen LogP contribution >= 0.6 is 0 Å². The van der Waals surface area contributed by atoms with E-state index in [9.17, 15) is 0 Å². The molecule has 3 heteroatoms. The summed E-state index contributed by atoms with van der Waals surface area (Å²) in [5.41, 5.74) is 7.77. The first-order chi connectivity index (χ1) is 6.86. The van der Waals surface area contributed by atoms with E-state index in [0.29, 0.717) is 0 Å². The maximum Gasteiger partial charge on any atom is 0.0541 e. The molecule has 0 radical (unpaired) electrons. The minimum atomic E-state index is 0.745. The molecule has 3 nitrogen and oxygen atoms in total. The van der Waals surface area contributed by atoms with E-state index in [4.69, 9.17) is 5.73 Å². The second kappa shape index (κ2) is 6.51. The van der Waals surface area contributed by atoms with Gasteiger partial charge in [-0.3, -0.25) is 4.98 Å². The van der Waals surface area contributed by atoms with Crippen molar-refractivity contribution in [1.29, 1.82) is 0 Å². The van der Waals surface area contributed by atoms with Crippen molar-refractivity contribution in [3.05, 3.63) is 29.6 Å². The van der Waals surface area contributed by atoms with Gasteiger partial charge in [0.05, 0.1) is 5.69 Å². The van der Waals surface area contributed by atoms with Crippen LogP contribution in [0.1, 0.15) is 24.6 Å². The number of pyridine rings is 1. The van der Waals surface area contributed by atoms with Gasteiger partial charge in [-0.05, 0) is 37.6 Å². The van der Waals surface area contributed by atoms with Crippen LogP contribution in [0.3, 0.4) is 0 Å². The van der Waals surface area contributed by atoms with E-state index in [1.54, 1.807) is 0 Å². The summed E-state index contributed by atoms with van der Waals surface area (Å²) in [6, 6.07) is 4.21. The average molecular weight is 193 g/mol.